The molecule has 4 heteroatoms. The zero-order chi connectivity index (χ0) is 14.3. The van der Waals surface area contributed by atoms with Gasteiger partial charge in [0.05, 0.1) is 13.0 Å². The van der Waals surface area contributed by atoms with Crippen LogP contribution in [0.15, 0.2) is 18.2 Å². The van der Waals surface area contributed by atoms with Crippen LogP contribution in [0.25, 0.3) is 0 Å². The Morgan fingerprint density at radius 3 is 2.68 bits per heavy atom. The molecule has 0 spiro atoms. The minimum atomic E-state index is 0.0318. The standard InChI is InChI=1S/C15H24N2O2/c1-5-13(10-16-3)15(18)17-9-12-6-7-14(19-4)11(2)8-12/h6-8,13,16H,5,9-10H2,1-4H3,(H,17,18). The summed E-state index contributed by atoms with van der Waals surface area (Å²) in [5.74, 6) is 1.01. The number of hydrogen-bond donors (Lipinski definition) is 2. The summed E-state index contributed by atoms with van der Waals surface area (Å²) in [6, 6.07) is 5.95. The van der Waals surface area contributed by atoms with Gasteiger partial charge in [0.1, 0.15) is 5.75 Å². The van der Waals surface area contributed by atoms with Crippen LogP contribution in [-0.4, -0.2) is 26.6 Å². The number of rotatable bonds is 7. The van der Waals surface area contributed by atoms with Crippen molar-refractivity contribution in [1.29, 1.82) is 0 Å². The molecular formula is C15H24N2O2. The fraction of sp³-hybridized carbons (Fsp3) is 0.533. The van der Waals surface area contributed by atoms with Crippen molar-refractivity contribution in [3.63, 3.8) is 0 Å². The molecule has 2 N–H and O–H groups in total. The van der Waals surface area contributed by atoms with Crippen LogP contribution in [0.4, 0.5) is 0 Å². The van der Waals surface area contributed by atoms with Gasteiger partial charge in [-0.25, -0.2) is 0 Å². The number of methoxy groups -OCH3 is 1. The van der Waals surface area contributed by atoms with Crippen molar-refractivity contribution < 1.29 is 9.53 Å². The second-order valence-corrected chi connectivity index (χ2v) is 4.68. The lowest BCUT2D eigenvalue weighted by atomic mass is 10.1. The molecule has 1 amide bonds. The maximum Gasteiger partial charge on any atom is 0.224 e. The number of carbonyl (C=O) groups excluding carboxylic acids is 1. The van der Waals surface area contributed by atoms with Crippen molar-refractivity contribution >= 4 is 5.91 Å². The normalized spacial score (nSPS) is 12.0. The van der Waals surface area contributed by atoms with Gasteiger partial charge in [-0.3, -0.25) is 4.79 Å². The SMILES string of the molecule is CCC(CNC)C(=O)NCc1ccc(OC)c(C)c1. The van der Waals surface area contributed by atoms with Gasteiger partial charge in [0, 0.05) is 13.1 Å². The summed E-state index contributed by atoms with van der Waals surface area (Å²) in [5.41, 5.74) is 2.17. The number of benzene rings is 1. The lowest BCUT2D eigenvalue weighted by Gasteiger charge is -2.15. The number of carbonyl (C=O) groups is 1. The van der Waals surface area contributed by atoms with Gasteiger partial charge >= 0.3 is 0 Å². The fourth-order valence-electron chi connectivity index (χ4n) is 2.05. The largest absolute Gasteiger partial charge is 0.496 e. The van der Waals surface area contributed by atoms with Gasteiger partial charge in [-0.1, -0.05) is 19.1 Å². The van der Waals surface area contributed by atoms with Crippen LogP contribution in [0.3, 0.4) is 0 Å². The highest BCUT2D eigenvalue weighted by Gasteiger charge is 2.14. The molecule has 106 valence electrons. The van der Waals surface area contributed by atoms with Crippen LogP contribution in [-0.2, 0) is 11.3 Å². The molecule has 0 radical (unpaired) electrons. The van der Waals surface area contributed by atoms with Crippen LogP contribution in [0.5, 0.6) is 5.75 Å². The van der Waals surface area contributed by atoms with E-state index in [2.05, 4.69) is 10.6 Å². The Labute approximate surface area is 115 Å². The monoisotopic (exact) mass is 264 g/mol. The topological polar surface area (TPSA) is 50.4 Å². The van der Waals surface area contributed by atoms with E-state index in [4.69, 9.17) is 4.74 Å². The fourth-order valence-corrected chi connectivity index (χ4v) is 2.05. The highest BCUT2D eigenvalue weighted by molar-refractivity contribution is 5.78. The molecule has 0 aliphatic rings. The molecule has 1 aromatic rings. The van der Waals surface area contributed by atoms with E-state index in [9.17, 15) is 4.79 Å². The summed E-state index contributed by atoms with van der Waals surface area (Å²) < 4.78 is 5.22. The highest BCUT2D eigenvalue weighted by atomic mass is 16.5. The van der Waals surface area contributed by atoms with Gasteiger partial charge < -0.3 is 15.4 Å². The van der Waals surface area contributed by atoms with E-state index < -0.39 is 0 Å². The Kier molecular flexibility index (Phi) is 6.36. The van der Waals surface area contributed by atoms with Crippen molar-refractivity contribution in [2.45, 2.75) is 26.8 Å². The zero-order valence-corrected chi connectivity index (χ0v) is 12.2. The number of hydrogen-bond acceptors (Lipinski definition) is 3. The lowest BCUT2D eigenvalue weighted by Crippen LogP contribution is -2.35. The maximum atomic E-state index is 12.0. The van der Waals surface area contributed by atoms with Crippen molar-refractivity contribution in [2.24, 2.45) is 5.92 Å². The van der Waals surface area contributed by atoms with Gasteiger partial charge in [-0.05, 0) is 37.6 Å². The van der Waals surface area contributed by atoms with E-state index in [1.165, 1.54) is 0 Å². The lowest BCUT2D eigenvalue weighted by molar-refractivity contribution is -0.125. The molecule has 0 aliphatic heterocycles. The van der Waals surface area contributed by atoms with Crippen molar-refractivity contribution in [3.8, 4) is 5.75 Å². The highest BCUT2D eigenvalue weighted by Crippen LogP contribution is 2.18. The van der Waals surface area contributed by atoms with Gasteiger partial charge in [0.25, 0.3) is 0 Å². The average molecular weight is 264 g/mol. The van der Waals surface area contributed by atoms with Crippen molar-refractivity contribution in [1.82, 2.24) is 10.6 Å². The van der Waals surface area contributed by atoms with Gasteiger partial charge in [-0.15, -0.1) is 0 Å². The molecule has 19 heavy (non-hydrogen) atoms. The predicted molar refractivity (Wildman–Crippen MR) is 77.3 cm³/mol. The van der Waals surface area contributed by atoms with Gasteiger partial charge in [-0.2, -0.15) is 0 Å². The van der Waals surface area contributed by atoms with Crippen LogP contribution < -0.4 is 15.4 Å². The first kappa shape index (κ1) is 15.5. The second kappa shape index (κ2) is 7.79. The molecule has 1 atom stereocenters. The molecule has 0 heterocycles. The minimum absolute atomic E-state index is 0.0318. The first-order chi connectivity index (χ1) is 9.12. The molecule has 0 bridgehead atoms. The number of ether oxygens (including phenoxy) is 1. The molecule has 0 aromatic heterocycles. The number of amides is 1. The predicted octanol–water partition coefficient (Wildman–Crippen LogP) is 1.87. The number of nitrogens with one attached hydrogen (secondary N) is 2. The summed E-state index contributed by atoms with van der Waals surface area (Å²) in [6.07, 6.45) is 0.842. The quantitative estimate of drug-likeness (QED) is 0.790. The summed E-state index contributed by atoms with van der Waals surface area (Å²) >= 11 is 0. The Balaban J connectivity index is 2.56. The summed E-state index contributed by atoms with van der Waals surface area (Å²) in [6.45, 7) is 5.30. The van der Waals surface area contributed by atoms with Gasteiger partial charge in [0.2, 0.25) is 5.91 Å². The first-order valence-corrected chi connectivity index (χ1v) is 6.68. The first-order valence-electron chi connectivity index (χ1n) is 6.68. The molecule has 1 rings (SSSR count). The molecule has 0 fully saturated rings. The Hall–Kier alpha value is -1.55. The Morgan fingerprint density at radius 1 is 1.42 bits per heavy atom. The average Bonchev–Trinajstić information content (AvgIpc) is 2.42. The van der Waals surface area contributed by atoms with Crippen LogP contribution >= 0.6 is 0 Å². The summed E-state index contributed by atoms with van der Waals surface area (Å²) in [4.78, 5) is 12.0. The molecule has 4 nitrogen and oxygen atoms in total. The number of aryl methyl sites for hydroxylation is 1. The third-order valence-electron chi connectivity index (χ3n) is 3.24. The summed E-state index contributed by atoms with van der Waals surface area (Å²) in [7, 11) is 3.52. The van der Waals surface area contributed by atoms with Crippen LogP contribution in [0, 0.1) is 12.8 Å². The third-order valence-corrected chi connectivity index (χ3v) is 3.24. The van der Waals surface area contributed by atoms with E-state index in [-0.39, 0.29) is 11.8 Å². The zero-order valence-electron chi connectivity index (χ0n) is 12.2. The van der Waals surface area contributed by atoms with E-state index in [1.54, 1.807) is 7.11 Å². The smallest absolute Gasteiger partial charge is 0.224 e. The van der Waals surface area contributed by atoms with Crippen LogP contribution in [0.2, 0.25) is 0 Å². The minimum Gasteiger partial charge on any atom is -0.496 e. The van der Waals surface area contributed by atoms with Crippen molar-refractivity contribution in [3.05, 3.63) is 29.3 Å². The third kappa shape index (κ3) is 4.56. The molecular weight excluding hydrogens is 240 g/mol. The molecule has 0 aliphatic carbocycles. The maximum absolute atomic E-state index is 12.0. The van der Waals surface area contributed by atoms with Gasteiger partial charge in [0.15, 0.2) is 0 Å². The summed E-state index contributed by atoms with van der Waals surface area (Å²) in [5, 5.41) is 6.02. The van der Waals surface area contributed by atoms with E-state index >= 15 is 0 Å². The van der Waals surface area contributed by atoms with E-state index in [0.29, 0.717) is 13.1 Å². The molecule has 0 saturated carbocycles. The molecule has 1 aromatic carbocycles. The van der Waals surface area contributed by atoms with E-state index in [1.807, 2.05) is 39.1 Å². The van der Waals surface area contributed by atoms with Crippen LogP contribution in [0.1, 0.15) is 24.5 Å². The molecule has 0 saturated heterocycles. The Morgan fingerprint density at radius 2 is 2.16 bits per heavy atom. The van der Waals surface area contributed by atoms with E-state index in [0.717, 1.165) is 23.3 Å². The Bertz CT molecular complexity index is 419. The second-order valence-electron chi connectivity index (χ2n) is 4.68. The van der Waals surface area contributed by atoms with Crippen molar-refractivity contribution in [2.75, 3.05) is 20.7 Å². The molecule has 1 unspecified atom stereocenters.